The van der Waals surface area contributed by atoms with Crippen LogP contribution in [-0.4, -0.2) is 26.2 Å². The van der Waals surface area contributed by atoms with E-state index in [-0.39, 0.29) is 16.0 Å². The summed E-state index contributed by atoms with van der Waals surface area (Å²) >= 11 is 0. The van der Waals surface area contributed by atoms with Crippen LogP contribution < -0.4 is 0 Å². The summed E-state index contributed by atoms with van der Waals surface area (Å²) in [4.78, 5) is 12.7. The fourth-order valence-electron chi connectivity index (χ4n) is 3.20. The summed E-state index contributed by atoms with van der Waals surface area (Å²) in [5.74, 6) is -2.28. The molecule has 27 heavy (non-hydrogen) atoms. The number of ether oxygens (including phenoxy) is 1. The van der Waals surface area contributed by atoms with Crippen LogP contribution in [0.1, 0.15) is 31.4 Å². The molecule has 2 aromatic rings. The quantitative estimate of drug-likeness (QED) is 0.738. The van der Waals surface area contributed by atoms with Gasteiger partial charge >= 0.3 is 5.97 Å². The highest BCUT2D eigenvalue weighted by molar-refractivity contribution is 7.90. The van der Waals surface area contributed by atoms with Crippen LogP contribution in [0.4, 0.5) is 8.78 Å². The topological polar surface area (TPSA) is 60.4 Å². The normalized spacial score (nSPS) is 20.1. The van der Waals surface area contributed by atoms with Crippen molar-refractivity contribution in [3.63, 3.8) is 0 Å². The Kier molecular flexibility index (Phi) is 4.67. The van der Waals surface area contributed by atoms with Gasteiger partial charge in [0.1, 0.15) is 17.2 Å². The maximum Gasteiger partial charge on any atom is 0.340 e. The van der Waals surface area contributed by atoms with Crippen molar-refractivity contribution in [1.29, 1.82) is 0 Å². The highest BCUT2D eigenvalue weighted by atomic mass is 32.2. The number of hydrogen-bond acceptors (Lipinski definition) is 4. The van der Waals surface area contributed by atoms with E-state index in [1.54, 1.807) is 19.1 Å². The molecule has 0 spiro atoms. The molecule has 1 aliphatic rings. The smallest absolute Gasteiger partial charge is 0.340 e. The molecular formula is C20H18F2O4S. The van der Waals surface area contributed by atoms with E-state index in [1.165, 1.54) is 12.1 Å². The molecule has 2 aromatic carbocycles. The molecule has 1 aliphatic heterocycles. The summed E-state index contributed by atoms with van der Waals surface area (Å²) in [6, 6.07) is 8.87. The average molecular weight is 392 g/mol. The number of rotatable bonds is 4. The predicted molar refractivity (Wildman–Crippen MR) is 97.5 cm³/mol. The van der Waals surface area contributed by atoms with Gasteiger partial charge < -0.3 is 4.74 Å². The molecule has 0 amide bonds. The van der Waals surface area contributed by atoms with Crippen LogP contribution in [0.5, 0.6) is 0 Å². The fourth-order valence-corrected chi connectivity index (χ4v) is 3.83. The molecule has 0 saturated heterocycles. The molecule has 0 aliphatic carbocycles. The first-order chi connectivity index (χ1) is 12.5. The van der Waals surface area contributed by atoms with Crippen molar-refractivity contribution in [3.8, 4) is 0 Å². The van der Waals surface area contributed by atoms with E-state index >= 15 is 0 Å². The zero-order valence-electron chi connectivity index (χ0n) is 15.0. The Morgan fingerprint density at radius 2 is 1.56 bits per heavy atom. The molecule has 1 heterocycles. The van der Waals surface area contributed by atoms with Gasteiger partial charge in [0.05, 0.1) is 10.5 Å². The molecule has 0 saturated carbocycles. The van der Waals surface area contributed by atoms with Gasteiger partial charge in [-0.05, 0) is 48.7 Å². The average Bonchev–Trinajstić information content (AvgIpc) is 2.84. The van der Waals surface area contributed by atoms with Gasteiger partial charge in [-0.3, -0.25) is 0 Å². The van der Waals surface area contributed by atoms with E-state index < -0.39 is 33.0 Å². The van der Waals surface area contributed by atoms with Crippen molar-refractivity contribution in [2.75, 3.05) is 6.26 Å². The van der Waals surface area contributed by atoms with E-state index in [4.69, 9.17) is 4.74 Å². The number of carbonyl (C=O) groups is 1. The Balaban J connectivity index is 2.27. The second kappa shape index (κ2) is 6.56. The number of esters is 1. The maximum absolute atomic E-state index is 13.7. The van der Waals surface area contributed by atoms with E-state index in [9.17, 15) is 22.0 Å². The Bertz CT molecular complexity index is 1040. The van der Waals surface area contributed by atoms with Crippen molar-refractivity contribution in [3.05, 3.63) is 65.2 Å². The molecule has 0 bridgehead atoms. The summed E-state index contributed by atoms with van der Waals surface area (Å²) in [7, 11) is -3.38. The van der Waals surface area contributed by atoms with Gasteiger partial charge in [0.15, 0.2) is 9.84 Å². The Hall–Kier alpha value is -2.54. The Morgan fingerprint density at radius 1 is 1.00 bits per heavy atom. The third-order valence-corrected chi connectivity index (χ3v) is 5.83. The molecule has 0 unspecified atom stereocenters. The molecule has 142 valence electrons. The predicted octanol–water partition coefficient (Wildman–Crippen LogP) is 4.00. The van der Waals surface area contributed by atoms with E-state index in [0.29, 0.717) is 17.6 Å². The van der Waals surface area contributed by atoms with Gasteiger partial charge in [-0.25, -0.2) is 22.0 Å². The summed E-state index contributed by atoms with van der Waals surface area (Å²) < 4.78 is 56.3. The fraction of sp³-hybridized carbons (Fsp3) is 0.250. The molecule has 7 heteroatoms. The number of halogens is 2. The third-order valence-electron chi connectivity index (χ3n) is 4.70. The number of carbonyl (C=O) groups excluding carboxylic acids is 1. The molecule has 0 fully saturated rings. The molecule has 3 rings (SSSR count). The first-order valence-electron chi connectivity index (χ1n) is 8.30. The van der Waals surface area contributed by atoms with Gasteiger partial charge in [-0.2, -0.15) is 0 Å². The molecular weight excluding hydrogens is 374 g/mol. The van der Waals surface area contributed by atoms with Crippen LogP contribution >= 0.6 is 0 Å². The lowest BCUT2D eigenvalue weighted by Crippen LogP contribution is -2.26. The first kappa shape index (κ1) is 19.2. The van der Waals surface area contributed by atoms with Gasteiger partial charge in [0, 0.05) is 17.9 Å². The zero-order chi connectivity index (χ0) is 20.0. The van der Waals surface area contributed by atoms with E-state index in [0.717, 1.165) is 24.5 Å². The van der Waals surface area contributed by atoms with Crippen molar-refractivity contribution in [2.24, 2.45) is 0 Å². The summed E-state index contributed by atoms with van der Waals surface area (Å²) in [5, 5.41) is 0. The first-order valence-corrected chi connectivity index (χ1v) is 10.2. The monoisotopic (exact) mass is 392 g/mol. The highest BCUT2D eigenvalue weighted by Gasteiger charge is 2.44. The lowest BCUT2D eigenvalue weighted by Gasteiger charge is -2.25. The van der Waals surface area contributed by atoms with Crippen LogP contribution in [0.15, 0.2) is 47.4 Å². The van der Waals surface area contributed by atoms with Gasteiger partial charge in [-0.15, -0.1) is 0 Å². The lowest BCUT2D eigenvalue weighted by atomic mass is 9.84. The number of hydrogen-bond donors (Lipinski definition) is 0. The summed E-state index contributed by atoms with van der Waals surface area (Å²) in [6.07, 6.45) is 1.53. The summed E-state index contributed by atoms with van der Waals surface area (Å²) in [6.45, 7) is 3.54. The lowest BCUT2D eigenvalue weighted by molar-refractivity contribution is -0.143. The Morgan fingerprint density at radius 3 is 2.04 bits per heavy atom. The largest absolute Gasteiger partial charge is 0.451 e. The molecule has 1 atom stereocenters. The van der Waals surface area contributed by atoms with E-state index in [1.807, 2.05) is 6.92 Å². The van der Waals surface area contributed by atoms with Crippen LogP contribution in [0.25, 0.3) is 11.1 Å². The Labute approximate surface area is 156 Å². The number of cyclic esters (lactones) is 1. The second-order valence-corrected chi connectivity index (χ2v) is 8.69. The molecule has 0 N–H and O–H groups in total. The van der Waals surface area contributed by atoms with Gasteiger partial charge in [-0.1, -0.05) is 19.1 Å². The third kappa shape index (κ3) is 3.51. The standard InChI is InChI=1S/C20H18F2O4S/c1-4-20(2)18(12-5-7-16(8-6-12)27(3,24)25)17(19(23)26-20)13-9-14(21)11-15(22)10-13/h5-11H,4H2,1-3H3/t20-/m1/s1. The maximum atomic E-state index is 13.7. The molecule has 4 nitrogen and oxygen atoms in total. The number of benzene rings is 2. The minimum Gasteiger partial charge on any atom is -0.451 e. The minimum atomic E-state index is -3.38. The second-order valence-electron chi connectivity index (χ2n) is 6.68. The van der Waals surface area contributed by atoms with Crippen molar-refractivity contribution in [1.82, 2.24) is 0 Å². The van der Waals surface area contributed by atoms with Gasteiger partial charge in [0.25, 0.3) is 0 Å². The molecule has 0 radical (unpaired) electrons. The van der Waals surface area contributed by atoms with Gasteiger partial charge in [0.2, 0.25) is 0 Å². The van der Waals surface area contributed by atoms with Crippen LogP contribution in [0, 0.1) is 11.6 Å². The van der Waals surface area contributed by atoms with Crippen molar-refractivity contribution < 1.29 is 26.7 Å². The number of sulfone groups is 1. The summed E-state index contributed by atoms with van der Waals surface area (Å²) in [5.41, 5.74) is 0.181. The SMILES string of the molecule is CC[C@@]1(C)OC(=O)C(c2cc(F)cc(F)c2)=C1c1ccc(S(C)(=O)=O)cc1. The van der Waals surface area contributed by atoms with Crippen LogP contribution in [0.2, 0.25) is 0 Å². The highest BCUT2D eigenvalue weighted by Crippen LogP contribution is 2.45. The van der Waals surface area contributed by atoms with E-state index in [2.05, 4.69) is 0 Å². The molecule has 0 aromatic heterocycles. The zero-order valence-corrected chi connectivity index (χ0v) is 15.9. The van der Waals surface area contributed by atoms with Crippen LogP contribution in [0.3, 0.4) is 0 Å². The van der Waals surface area contributed by atoms with Crippen LogP contribution in [-0.2, 0) is 19.4 Å². The van der Waals surface area contributed by atoms with Crippen molar-refractivity contribution >= 4 is 27.0 Å². The minimum absolute atomic E-state index is 0.0739. The van der Waals surface area contributed by atoms with Crippen molar-refractivity contribution in [2.45, 2.75) is 30.8 Å².